The van der Waals surface area contributed by atoms with Crippen molar-refractivity contribution in [2.75, 3.05) is 26.0 Å². The number of carbonyl (C=O) groups is 1. The first-order chi connectivity index (χ1) is 15.0. The molecule has 0 unspecified atom stereocenters. The molecule has 1 heterocycles. The Morgan fingerprint density at radius 2 is 1.97 bits per heavy atom. The zero-order chi connectivity index (χ0) is 22.2. The van der Waals surface area contributed by atoms with Gasteiger partial charge in [0.15, 0.2) is 11.0 Å². The summed E-state index contributed by atoms with van der Waals surface area (Å²) in [5, 5.41) is 18.5. The molecule has 3 aromatic rings. The fraction of sp³-hybridized carbons (Fsp3) is 0.273. The SMILES string of the molecule is CCOc1ccc(-n2c(SCC(=O)N(C)CCC#N)nnc2-c2ccccc2Cl)cc1. The maximum atomic E-state index is 12.4. The van der Waals surface area contributed by atoms with Gasteiger partial charge in [-0.15, -0.1) is 10.2 Å². The lowest BCUT2D eigenvalue weighted by molar-refractivity contribution is -0.127. The minimum absolute atomic E-state index is 0.0826. The van der Waals surface area contributed by atoms with E-state index in [1.807, 2.05) is 60.0 Å². The van der Waals surface area contributed by atoms with Gasteiger partial charge in [-0.25, -0.2) is 0 Å². The average Bonchev–Trinajstić information content (AvgIpc) is 3.20. The molecule has 0 atom stereocenters. The third kappa shape index (κ3) is 5.57. The number of benzene rings is 2. The third-order valence-electron chi connectivity index (χ3n) is 4.46. The fourth-order valence-corrected chi connectivity index (χ4v) is 3.96. The molecular formula is C22H22ClN5O2S. The van der Waals surface area contributed by atoms with E-state index in [1.165, 1.54) is 11.8 Å². The quantitative estimate of drug-likeness (QED) is 0.443. The number of nitrogens with zero attached hydrogens (tertiary/aromatic N) is 5. The van der Waals surface area contributed by atoms with Crippen LogP contribution >= 0.6 is 23.4 Å². The lowest BCUT2D eigenvalue weighted by atomic mass is 10.2. The molecule has 3 rings (SSSR count). The number of aromatic nitrogens is 3. The molecule has 0 aliphatic carbocycles. The Balaban J connectivity index is 1.93. The number of nitriles is 1. The summed E-state index contributed by atoms with van der Waals surface area (Å²) in [7, 11) is 1.69. The van der Waals surface area contributed by atoms with E-state index < -0.39 is 0 Å². The Kier molecular flexibility index (Phi) is 7.93. The largest absolute Gasteiger partial charge is 0.494 e. The Bertz CT molecular complexity index is 1080. The normalized spacial score (nSPS) is 10.5. The van der Waals surface area contributed by atoms with E-state index in [9.17, 15) is 4.79 Å². The molecular weight excluding hydrogens is 434 g/mol. The van der Waals surface area contributed by atoms with Crippen molar-refractivity contribution >= 4 is 29.3 Å². The molecule has 0 aliphatic heterocycles. The zero-order valence-electron chi connectivity index (χ0n) is 17.3. The first kappa shape index (κ1) is 22.7. The van der Waals surface area contributed by atoms with E-state index in [2.05, 4.69) is 10.2 Å². The monoisotopic (exact) mass is 455 g/mol. The molecule has 9 heteroatoms. The van der Waals surface area contributed by atoms with E-state index in [-0.39, 0.29) is 11.7 Å². The minimum atomic E-state index is -0.0826. The molecule has 0 radical (unpaired) electrons. The highest BCUT2D eigenvalue weighted by Crippen LogP contribution is 2.32. The van der Waals surface area contributed by atoms with Gasteiger partial charge >= 0.3 is 0 Å². The molecule has 160 valence electrons. The van der Waals surface area contributed by atoms with Crippen LogP contribution < -0.4 is 4.74 Å². The molecule has 1 amide bonds. The Morgan fingerprint density at radius 3 is 2.65 bits per heavy atom. The minimum Gasteiger partial charge on any atom is -0.494 e. The van der Waals surface area contributed by atoms with Gasteiger partial charge in [0.05, 0.1) is 29.9 Å². The Morgan fingerprint density at radius 1 is 1.23 bits per heavy atom. The van der Waals surface area contributed by atoms with E-state index in [0.717, 1.165) is 17.0 Å². The molecule has 0 N–H and O–H groups in total. The topological polar surface area (TPSA) is 84.0 Å². The van der Waals surface area contributed by atoms with Gasteiger partial charge in [-0.3, -0.25) is 9.36 Å². The van der Waals surface area contributed by atoms with Crippen LogP contribution in [0.5, 0.6) is 5.75 Å². The molecule has 31 heavy (non-hydrogen) atoms. The van der Waals surface area contributed by atoms with Crippen molar-refractivity contribution in [3.05, 3.63) is 53.6 Å². The van der Waals surface area contributed by atoms with Crippen LogP contribution in [0.1, 0.15) is 13.3 Å². The number of amides is 1. The number of halogens is 1. The molecule has 0 bridgehead atoms. The van der Waals surface area contributed by atoms with Crippen LogP contribution in [0.4, 0.5) is 0 Å². The molecule has 0 spiro atoms. The summed E-state index contributed by atoms with van der Waals surface area (Å²) >= 11 is 7.70. The highest BCUT2D eigenvalue weighted by atomic mass is 35.5. The third-order valence-corrected chi connectivity index (χ3v) is 5.71. The number of hydrogen-bond donors (Lipinski definition) is 0. The van der Waals surface area contributed by atoms with Gasteiger partial charge in [-0.1, -0.05) is 35.5 Å². The van der Waals surface area contributed by atoms with Crippen molar-refractivity contribution in [1.29, 1.82) is 5.26 Å². The van der Waals surface area contributed by atoms with Crippen molar-refractivity contribution in [2.24, 2.45) is 0 Å². The number of rotatable bonds is 9. The van der Waals surface area contributed by atoms with Crippen molar-refractivity contribution in [2.45, 2.75) is 18.5 Å². The van der Waals surface area contributed by atoms with Gasteiger partial charge in [0.25, 0.3) is 0 Å². The molecule has 0 saturated carbocycles. The van der Waals surface area contributed by atoms with E-state index >= 15 is 0 Å². The second-order valence-corrected chi connectivity index (χ2v) is 7.91. The molecule has 2 aromatic carbocycles. The highest BCUT2D eigenvalue weighted by Gasteiger charge is 2.19. The van der Waals surface area contributed by atoms with Crippen LogP contribution in [0.25, 0.3) is 17.1 Å². The summed E-state index contributed by atoms with van der Waals surface area (Å²) in [6.45, 7) is 2.91. The van der Waals surface area contributed by atoms with Crippen LogP contribution in [0.2, 0.25) is 5.02 Å². The van der Waals surface area contributed by atoms with Crippen LogP contribution in [-0.2, 0) is 4.79 Å². The summed E-state index contributed by atoms with van der Waals surface area (Å²) < 4.78 is 7.42. The summed E-state index contributed by atoms with van der Waals surface area (Å²) in [4.78, 5) is 14.0. The van der Waals surface area contributed by atoms with Crippen LogP contribution in [0, 0.1) is 11.3 Å². The van der Waals surface area contributed by atoms with Crippen molar-refractivity contribution in [3.63, 3.8) is 0 Å². The standard InChI is InChI=1S/C22H22ClN5O2S/c1-3-30-17-11-9-16(10-12-17)28-21(18-7-4-5-8-19(18)23)25-26-22(28)31-15-20(29)27(2)14-6-13-24/h4-5,7-12H,3,6,14-15H2,1-2H3. The number of carbonyl (C=O) groups excluding carboxylic acids is 1. The van der Waals surface area contributed by atoms with Gasteiger partial charge < -0.3 is 9.64 Å². The van der Waals surface area contributed by atoms with Gasteiger partial charge in [0.1, 0.15) is 5.75 Å². The fourth-order valence-electron chi connectivity index (χ4n) is 2.85. The maximum absolute atomic E-state index is 12.4. The lowest BCUT2D eigenvalue weighted by Crippen LogP contribution is -2.29. The first-order valence-corrected chi connectivity index (χ1v) is 11.1. The summed E-state index contributed by atoms with van der Waals surface area (Å²) in [5.41, 5.74) is 1.58. The molecule has 0 aliphatic rings. The number of thioether (sulfide) groups is 1. The predicted molar refractivity (Wildman–Crippen MR) is 122 cm³/mol. The van der Waals surface area contributed by atoms with Gasteiger partial charge in [-0.2, -0.15) is 5.26 Å². The van der Waals surface area contributed by atoms with Crippen molar-refractivity contribution in [3.8, 4) is 28.9 Å². The van der Waals surface area contributed by atoms with Crippen molar-refractivity contribution < 1.29 is 9.53 Å². The maximum Gasteiger partial charge on any atom is 0.232 e. The summed E-state index contributed by atoms with van der Waals surface area (Å²) in [6, 6.07) is 17.1. The van der Waals surface area contributed by atoms with Crippen LogP contribution in [0.3, 0.4) is 0 Å². The van der Waals surface area contributed by atoms with E-state index in [0.29, 0.717) is 35.6 Å². The second-order valence-electron chi connectivity index (χ2n) is 6.56. The molecule has 7 nitrogen and oxygen atoms in total. The second kappa shape index (κ2) is 10.8. The van der Waals surface area contributed by atoms with Crippen LogP contribution in [0.15, 0.2) is 53.7 Å². The van der Waals surface area contributed by atoms with Gasteiger partial charge in [-0.05, 0) is 43.3 Å². The number of ether oxygens (including phenoxy) is 1. The Hall–Kier alpha value is -3.02. The first-order valence-electron chi connectivity index (χ1n) is 9.72. The summed E-state index contributed by atoms with van der Waals surface area (Å²) in [5.74, 6) is 1.45. The Labute approximate surface area is 190 Å². The molecule has 0 fully saturated rings. The predicted octanol–water partition coefficient (Wildman–Crippen LogP) is 4.45. The van der Waals surface area contributed by atoms with Gasteiger partial charge in [0.2, 0.25) is 5.91 Å². The number of hydrogen-bond acceptors (Lipinski definition) is 6. The van der Waals surface area contributed by atoms with E-state index in [1.54, 1.807) is 18.0 Å². The zero-order valence-corrected chi connectivity index (χ0v) is 18.9. The molecule has 0 saturated heterocycles. The summed E-state index contributed by atoms with van der Waals surface area (Å²) in [6.07, 6.45) is 0.298. The van der Waals surface area contributed by atoms with Crippen molar-refractivity contribution in [1.82, 2.24) is 19.7 Å². The average molecular weight is 456 g/mol. The lowest BCUT2D eigenvalue weighted by Gasteiger charge is -2.15. The smallest absolute Gasteiger partial charge is 0.232 e. The molecule has 1 aromatic heterocycles. The highest BCUT2D eigenvalue weighted by molar-refractivity contribution is 7.99. The van der Waals surface area contributed by atoms with Crippen LogP contribution in [-0.4, -0.2) is 51.5 Å². The van der Waals surface area contributed by atoms with E-state index in [4.69, 9.17) is 21.6 Å². The van der Waals surface area contributed by atoms with Gasteiger partial charge in [0, 0.05) is 24.8 Å².